The highest BCUT2D eigenvalue weighted by atomic mass is 16.5. The van der Waals surface area contributed by atoms with E-state index in [4.69, 9.17) is 14.2 Å². The summed E-state index contributed by atoms with van der Waals surface area (Å²) >= 11 is 0. The van der Waals surface area contributed by atoms with E-state index >= 15 is 0 Å². The summed E-state index contributed by atoms with van der Waals surface area (Å²) in [4.78, 5) is 23.4. The van der Waals surface area contributed by atoms with E-state index in [0.717, 1.165) is 12.8 Å². The fraction of sp³-hybridized carbons (Fsp3) is 0.556. The van der Waals surface area contributed by atoms with Gasteiger partial charge in [-0.1, -0.05) is 25.3 Å². The van der Waals surface area contributed by atoms with Gasteiger partial charge in [-0.05, 0) is 30.9 Å². The average molecular weight is 320 g/mol. The second-order valence-electron chi connectivity index (χ2n) is 5.84. The lowest BCUT2D eigenvalue weighted by molar-refractivity contribution is -0.148. The third kappa shape index (κ3) is 6.30. The maximum Gasteiger partial charge on any atom is 0.311 e. The Kier molecular flexibility index (Phi) is 6.91. The van der Waals surface area contributed by atoms with E-state index < -0.39 is 5.97 Å². The summed E-state index contributed by atoms with van der Waals surface area (Å²) < 4.78 is 15.5. The number of carbonyl (C=O) groups is 2. The quantitative estimate of drug-likeness (QED) is 0.568. The van der Waals surface area contributed by atoms with Gasteiger partial charge >= 0.3 is 11.9 Å². The first kappa shape index (κ1) is 17.3. The van der Waals surface area contributed by atoms with Crippen molar-refractivity contribution >= 4 is 11.9 Å². The van der Waals surface area contributed by atoms with Gasteiger partial charge in [0.25, 0.3) is 0 Å². The molecule has 0 aromatic heterocycles. The molecule has 0 atom stereocenters. The first-order valence-electron chi connectivity index (χ1n) is 8.17. The molecule has 23 heavy (non-hydrogen) atoms. The van der Waals surface area contributed by atoms with Crippen molar-refractivity contribution in [2.24, 2.45) is 5.92 Å². The van der Waals surface area contributed by atoms with Crippen LogP contribution in [0.15, 0.2) is 24.3 Å². The van der Waals surface area contributed by atoms with Gasteiger partial charge in [0.2, 0.25) is 0 Å². The molecule has 1 aromatic carbocycles. The number of hydrogen-bond donors (Lipinski definition) is 0. The minimum Gasteiger partial charge on any atom is -0.497 e. The summed E-state index contributed by atoms with van der Waals surface area (Å²) in [7, 11) is 1.54. The fourth-order valence-electron chi connectivity index (χ4n) is 2.69. The van der Waals surface area contributed by atoms with Crippen LogP contribution in [0.5, 0.6) is 11.5 Å². The zero-order valence-corrected chi connectivity index (χ0v) is 13.6. The molecular formula is C18H24O5. The Bertz CT molecular complexity index is 520. The molecule has 1 aliphatic rings. The highest BCUT2D eigenvalue weighted by Crippen LogP contribution is 2.24. The van der Waals surface area contributed by atoms with Gasteiger partial charge in [-0.25, -0.2) is 0 Å². The third-order valence-corrected chi connectivity index (χ3v) is 4.01. The summed E-state index contributed by atoms with van der Waals surface area (Å²) in [5.41, 5.74) is 0. The Labute approximate surface area is 136 Å². The predicted molar refractivity (Wildman–Crippen MR) is 85.4 cm³/mol. The van der Waals surface area contributed by atoms with Gasteiger partial charge in [0, 0.05) is 6.07 Å². The van der Waals surface area contributed by atoms with Gasteiger partial charge in [0.05, 0.1) is 26.6 Å². The number of methoxy groups -OCH3 is 1. The van der Waals surface area contributed by atoms with Crippen molar-refractivity contribution in [3.8, 4) is 11.5 Å². The molecule has 0 N–H and O–H groups in total. The number of ether oxygens (including phenoxy) is 3. The molecule has 0 amide bonds. The molecule has 5 nitrogen and oxygen atoms in total. The Hall–Kier alpha value is -2.04. The standard InChI is InChI=1S/C18H24O5/c1-21-15-8-5-9-16(12-15)23-18(20)11-10-17(19)22-13-14-6-3-2-4-7-14/h5,8-9,12,14H,2-4,6-7,10-11,13H2,1H3. The van der Waals surface area contributed by atoms with Crippen molar-refractivity contribution < 1.29 is 23.8 Å². The maximum absolute atomic E-state index is 11.8. The highest BCUT2D eigenvalue weighted by Gasteiger charge is 2.16. The van der Waals surface area contributed by atoms with Gasteiger partial charge in [0.1, 0.15) is 11.5 Å². The van der Waals surface area contributed by atoms with Crippen LogP contribution in [-0.4, -0.2) is 25.7 Å². The lowest BCUT2D eigenvalue weighted by Crippen LogP contribution is -2.18. The molecule has 1 aliphatic carbocycles. The molecule has 0 spiro atoms. The zero-order valence-electron chi connectivity index (χ0n) is 13.6. The molecule has 1 fully saturated rings. The van der Waals surface area contributed by atoms with Gasteiger partial charge in [0.15, 0.2) is 0 Å². The van der Waals surface area contributed by atoms with Gasteiger partial charge in [-0.2, -0.15) is 0 Å². The van der Waals surface area contributed by atoms with E-state index in [9.17, 15) is 9.59 Å². The first-order valence-corrected chi connectivity index (χ1v) is 8.17. The van der Waals surface area contributed by atoms with Crippen LogP contribution in [0.4, 0.5) is 0 Å². The van der Waals surface area contributed by atoms with Crippen LogP contribution >= 0.6 is 0 Å². The van der Waals surface area contributed by atoms with Crippen molar-refractivity contribution in [2.45, 2.75) is 44.9 Å². The molecule has 0 heterocycles. The van der Waals surface area contributed by atoms with Crippen LogP contribution in [0, 0.1) is 5.92 Å². The van der Waals surface area contributed by atoms with E-state index in [1.807, 2.05) is 0 Å². The predicted octanol–water partition coefficient (Wildman–Crippen LogP) is 3.50. The van der Waals surface area contributed by atoms with Crippen molar-refractivity contribution in [1.82, 2.24) is 0 Å². The van der Waals surface area contributed by atoms with Crippen molar-refractivity contribution in [1.29, 1.82) is 0 Å². The van der Waals surface area contributed by atoms with Crippen LogP contribution in [0.3, 0.4) is 0 Å². The third-order valence-electron chi connectivity index (χ3n) is 4.01. The van der Waals surface area contributed by atoms with Gasteiger partial charge in [-0.15, -0.1) is 0 Å². The number of benzene rings is 1. The monoisotopic (exact) mass is 320 g/mol. The molecule has 0 bridgehead atoms. The van der Waals surface area contributed by atoms with E-state index in [1.165, 1.54) is 19.3 Å². The van der Waals surface area contributed by atoms with Crippen molar-refractivity contribution in [3.05, 3.63) is 24.3 Å². The van der Waals surface area contributed by atoms with E-state index in [2.05, 4.69) is 0 Å². The molecule has 1 saturated carbocycles. The van der Waals surface area contributed by atoms with Crippen LogP contribution in [0.1, 0.15) is 44.9 Å². The number of carbonyl (C=O) groups excluding carboxylic acids is 2. The van der Waals surface area contributed by atoms with E-state index in [1.54, 1.807) is 31.4 Å². The van der Waals surface area contributed by atoms with Crippen molar-refractivity contribution in [2.75, 3.05) is 13.7 Å². The van der Waals surface area contributed by atoms with Gasteiger partial charge < -0.3 is 14.2 Å². The molecule has 1 aromatic rings. The summed E-state index contributed by atoms with van der Waals surface area (Å²) in [5.74, 6) is 0.717. The highest BCUT2D eigenvalue weighted by molar-refractivity contribution is 5.79. The second-order valence-corrected chi connectivity index (χ2v) is 5.84. The SMILES string of the molecule is COc1cccc(OC(=O)CCC(=O)OCC2CCCCC2)c1. The van der Waals surface area contributed by atoms with Crippen LogP contribution < -0.4 is 9.47 Å². The minimum absolute atomic E-state index is 0.0146. The minimum atomic E-state index is -0.451. The average Bonchev–Trinajstić information content (AvgIpc) is 2.59. The van der Waals surface area contributed by atoms with Crippen LogP contribution in [0.25, 0.3) is 0 Å². The summed E-state index contributed by atoms with van der Waals surface area (Å²) in [6, 6.07) is 6.79. The topological polar surface area (TPSA) is 61.8 Å². The Morgan fingerprint density at radius 1 is 1.04 bits per heavy atom. The number of hydrogen-bond acceptors (Lipinski definition) is 5. The molecular weight excluding hydrogens is 296 g/mol. The van der Waals surface area contributed by atoms with Crippen LogP contribution in [0.2, 0.25) is 0 Å². The summed E-state index contributed by atoms with van der Waals surface area (Å²) in [6.45, 7) is 0.476. The largest absolute Gasteiger partial charge is 0.497 e. The van der Waals surface area contributed by atoms with Crippen molar-refractivity contribution in [3.63, 3.8) is 0 Å². The smallest absolute Gasteiger partial charge is 0.311 e. The summed E-state index contributed by atoms with van der Waals surface area (Å²) in [5, 5.41) is 0. The molecule has 5 heteroatoms. The number of rotatable bonds is 7. The molecule has 0 saturated heterocycles. The molecule has 0 unspecified atom stereocenters. The van der Waals surface area contributed by atoms with Gasteiger partial charge in [-0.3, -0.25) is 9.59 Å². The van der Waals surface area contributed by atoms with E-state index in [-0.39, 0.29) is 18.8 Å². The first-order chi connectivity index (χ1) is 11.2. The molecule has 0 aliphatic heterocycles. The Morgan fingerprint density at radius 2 is 1.74 bits per heavy atom. The molecule has 126 valence electrons. The lowest BCUT2D eigenvalue weighted by atomic mass is 9.90. The van der Waals surface area contributed by atoms with Crippen LogP contribution in [-0.2, 0) is 14.3 Å². The summed E-state index contributed by atoms with van der Waals surface area (Å²) in [6.07, 6.45) is 6.04. The zero-order chi connectivity index (χ0) is 16.5. The Morgan fingerprint density at radius 3 is 2.48 bits per heavy atom. The number of esters is 2. The maximum atomic E-state index is 11.8. The van der Waals surface area contributed by atoms with E-state index in [0.29, 0.717) is 24.0 Å². The normalized spacial score (nSPS) is 15.0. The Balaban J connectivity index is 1.65. The molecule has 0 radical (unpaired) electrons. The fourth-order valence-corrected chi connectivity index (χ4v) is 2.69. The lowest BCUT2D eigenvalue weighted by Gasteiger charge is -2.20. The molecule has 2 rings (SSSR count). The second kappa shape index (κ2) is 9.18.